The standard InChI is InChI=1S/C18H18F2N4O3/c19-13-2-1-3-14(20)12(13)9-23-18(22)24-16(25)11-6-4-10(5-7-11)8-15(21)17(26)27/h1-7,15H,8-9,21H2,(H,26,27)(H3,22,23,24,25). The third kappa shape index (κ3) is 5.58. The molecule has 142 valence electrons. The number of amides is 1. The van der Waals surface area contributed by atoms with Crippen LogP contribution in [0, 0.1) is 11.6 Å². The molecule has 0 aliphatic heterocycles. The van der Waals surface area contributed by atoms with E-state index in [4.69, 9.17) is 16.6 Å². The summed E-state index contributed by atoms with van der Waals surface area (Å²) in [4.78, 5) is 26.4. The quantitative estimate of drug-likeness (QED) is 0.442. The fourth-order valence-electron chi connectivity index (χ4n) is 2.22. The molecule has 2 aromatic carbocycles. The number of hydrogen-bond donors (Lipinski definition) is 4. The van der Waals surface area contributed by atoms with E-state index in [9.17, 15) is 18.4 Å². The number of aliphatic imine (C=N–C) groups is 1. The van der Waals surface area contributed by atoms with E-state index in [1.165, 1.54) is 18.2 Å². The lowest BCUT2D eigenvalue weighted by molar-refractivity contribution is -0.138. The Bertz CT molecular complexity index is 849. The summed E-state index contributed by atoms with van der Waals surface area (Å²) in [6.45, 7) is -0.271. The minimum Gasteiger partial charge on any atom is -0.480 e. The van der Waals surface area contributed by atoms with E-state index < -0.39 is 29.6 Å². The van der Waals surface area contributed by atoms with Crippen molar-refractivity contribution >= 4 is 17.8 Å². The molecule has 0 spiro atoms. The average molecular weight is 376 g/mol. The highest BCUT2D eigenvalue weighted by Crippen LogP contribution is 2.11. The topological polar surface area (TPSA) is 131 Å². The van der Waals surface area contributed by atoms with Gasteiger partial charge in [-0.05, 0) is 36.2 Å². The number of carboxylic acids is 1. The Labute approximate surface area is 153 Å². The number of benzene rings is 2. The van der Waals surface area contributed by atoms with Crippen molar-refractivity contribution in [3.05, 3.63) is 70.8 Å². The van der Waals surface area contributed by atoms with Gasteiger partial charge in [-0.3, -0.25) is 9.59 Å². The average Bonchev–Trinajstić information content (AvgIpc) is 2.61. The van der Waals surface area contributed by atoms with Crippen LogP contribution in [0.2, 0.25) is 0 Å². The first-order chi connectivity index (χ1) is 12.8. The lowest BCUT2D eigenvalue weighted by Crippen LogP contribution is -2.32. The summed E-state index contributed by atoms with van der Waals surface area (Å²) in [5.41, 5.74) is 11.7. The summed E-state index contributed by atoms with van der Waals surface area (Å²) in [6.07, 6.45) is 0.116. The van der Waals surface area contributed by atoms with E-state index >= 15 is 0 Å². The molecule has 0 saturated carbocycles. The minimum atomic E-state index is -1.12. The number of hydrogen-bond acceptors (Lipinski definition) is 3. The molecule has 0 saturated heterocycles. The highest BCUT2D eigenvalue weighted by atomic mass is 19.1. The van der Waals surface area contributed by atoms with Crippen LogP contribution in [0.1, 0.15) is 21.5 Å². The molecule has 2 rings (SSSR count). The highest BCUT2D eigenvalue weighted by molar-refractivity contribution is 6.02. The zero-order valence-corrected chi connectivity index (χ0v) is 14.2. The summed E-state index contributed by atoms with van der Waals surface area (Å²) < 4.78 is 27.1. The Morgan fingerprint density at radius 1 is 1.11 bits per heavy atom. The zero-order valence-electron chi connectivity index (χ0n) is 14.2. The van der Waals surface area contributed by atoms with E-state index in [-0.39, 0.29) is 30.1 Å². The van der Waals surface area contributed by atoms with Crippen molar-refractivity contribution in [2.75, 3.05) is 0 Å². The van der Waals surface area contributed by atoms with Crippen molar-refractivity contribution < 1.29 is 23.5 Å². The van der Waals surface area contributed by atoms with Crippen LogP contribution in [-0.4, -0.2) is 29.0 Å². The third-order valence-corrected chi connectivity index (χ3v) is 3.70. The molecule has 27 heavy (non-hydrogen) atoms. The summed E-state index contributed by atoms with van der Waals surface area (Å²) in [5.74, 6) is -3.55. The second kappa shape index (κ2) is 8.86. The summed E-state index contributed by atoms with van der Waals surface area (Å²) in [7, 11) is 0. The minimum absolute atomic E-state index is 0.116. The SMILES string of the molecule is NC(=NC(=O)c1ccc(CC(N)C(=O)O)cc1)NCc1c(F)cccc1F. The van der Waals surface area contributed by atoms with Crippen molar-refractivity contribution in [2.45, 2.75) is 19.0 Å². The van der Waals surface area contributed by atoms with Crippen LogP contribution in [0.4, 0.5) is 8.78 Å². The molecule has 0 fully saturated rings. The number of nitrogens with one attached hydrogen (secondary N) is 1. The monoisotopic (exact) mass is 376 g/mol. The maximum absolute atomic E-state index is 13.5. The molecule has 2 aromatic rings. The smallest absolute Gasteiger partial charge is 0.320 e. The van der Waals surface area contributed by atoms with Gasteiger partial charge in [0.15, 0.2) is 5.96 Å². The van der Waals surface area contributed by atoms with Gasteiger partial charge in [0.25, 0.3) is 5.91 Å². The van der Waals surface area contributed by atoms with Gasteiger partial charge >= 0.3 is 5.97 Å². The molecule has 9 heteroatoms. The van der Waals surface area contributed by atoms with Gasteiger partial charge in [0.1, 0.15) is 17.7 Å². The normalized spacial score (nSPS) is 12.5. The molecule has 0 aliphatic rings. The molecule has 0 heterocycles. The molecule has 1 atom stereocenters. The summed E-state index contributed by atoms with van der Waals surface area (Å²) >= 11 is 0. The number of carbonyl (C=O) groups excluding carboxylic acids is 1. The first kappa shape index (κ1) is 20.0. The summed E-state index contributed by atoms with van der Waals surface area (Å²) in [6, 6.07) is 8.45. The van der Waals surface area contributed by atoms with Crippen molar-refractivity contribution in [3.63, 3.8) is 0 Å². The number of carboxylic acid groups (broad SMARTS) is 1. The van der Waals surface area contributed by atoms with Crippen molar-refractivity contribution in [2.24, 2.45) is 16.5 Å². The number of rotatable bonds is 6. The van der Waals surface area contributed by atoms with Gasteiger partial charge in [-0.15, -0.1) is 0 Å². The molecule has 0 radical (unpaired) electrons. The Morgan fingerprint density at radius 2 is 1.70 bits per heavy atom. The van der Waals surface area contributed by atoms with E-state index in [1.54, 1.807) is 12.1 Å². The maximum Gasteiger partial charge on any atom is 0.320 e. The van der Waals surface area contributed by atoms with Crippen LogP contribution in [0.3, 0.4) is 0 Å². The second-order valence-corrected chi connectivity index (χ2v) is 5.70. The second-order valence-electron chi connectivity index (χ2n) is 5.70. The summed E-state index contributed by atoms with van der Waals surface area (Å²) in [5, 5.41) is 11.3. The van der Waals surface area contributed by atoms with Gasteiger partial charge in [0, 0.05) is 17.7 Å². The Hall–Kier alpha value is -3.33. The van der Waals surface area contributed by atoms with Gasteiger partial charge in [-0.1, -0.05) is 18.2 Å². The van der Waals surface area contributed by atoms with Crippen molar-refractivity contribution in [1.29, 1.82) is 0 Å². The van der Waals surface area contributed by atoms with Gasteiger partial charge in [0.2, 0.25) is 0 Å². The third-order valence-electron chi connectivity index (χ3n) is 3.70. The van der Waals surface area contributed by atoms with E-state index in [1.807, 2.05) is 0 Å². The lowest BCUT2D eigenvalue weighted by atomic mass is 10.0. The van der Waals surface area contributed by atoms with Gasteiger partial charge < -0.3 is 21.9 Å². The Morgan fingerprint density at radius 3 is 2.26 bits per heavy atom. The number of guanidine groups is 1. The lowest BCUT2D eigenvalue weighted by Gasteiger charge is -2.08. The molecule has 0 aliphatic carbocycles. The Balaban J connectivity index is 1.99. The van der Waals surface area contributed by atoms with Crippen LogP contribution in [-0.2, 0) is 17.8 Å². The van der Waals surface area contributed by atoms with Gasteiger partial charge in [-0.2, -0.15) is 4.99 Å². The molecule has 1 unspecified atom stereocenters. The fraction of sp³-hybridized carbons (Fsp3) is 0.167. The largest absolute Gasteiger partial charge is 0.480 e. The van der Waals surface area contributed by atoms with E-state index in [0.29, 0.717) is 5.56 Å². The van der Waals surface area contributed by atoms with Crippen molar-refractivity contribution in [1.82, 2.24) is 5.32 Å². The van der Waals surface area contributed by atoms with Crippen LogP contribution in [0.25, 0.3) is 0 Å². The number of nitrogens with zero attached hydrogens (tertiary/aromatic N) is 1. The van der Waals surface area contributed by atoms with Crippen LogP contribution < -0.4 is 16.8 Å². The molecule has 0 aromatic heterocycles. The van der Waals surface area contributed by atoms with Gasteiger partial charge in [0.05, 0.1) is 0 Å². The molecule has 7 nitrogen and oxygen atoms in total. The first-order valence-electron chi connectivity index (χ1n) is 7.90. The van der Waals surface area contributed by atoms with Crippen molar-refractivity contribution in [3.8, 4) is 0 Å². The highest BCUT2D eigenvalue weighted by Gasteiger charge is 2.13. The predicted octanol–water partition coefficient (Wildman–Crippen LogP) is 1.16. The number of halogens is 2. The number of carbonyl (C=O) groups is 2. The predicted molar refractivity (Wildman–Crippen MR) is 94.9 cm³/mol. The molecular weight excluding hydrogens is 358 g/mol. The molecular formula is C18H18F2N4O3. The first-order valence-corrected chi connectivity index (χ1v) is 7.90. The molecule has 0 bridgehead atoms. The fourth-order valence-corrected chi connectivity index (χ4v) is 2.22. The van der Waals surface area contributed by atoms with E-state index in [0.717, 1.165) is 12.1 Å². The van der Waals surface area contributed by atoms with Crippen LogP contribution in [0.5, 0.6) is 0 Å². The molecule has 1 amide bonds. The number of aliphatic carboxylic acids is 1. The Kier molecular flexibility index (Phi) is 6.56. The maximum atomic E-state index is 13.5. The van der Waals surface area contributed by atoms with Crippen LogP contribution >= 0.6 is 0 Å². The molecule has 6 N–H and O–H groups in total. The van der Waals surface area contributed by atoms with Crippen LogP contribution in [0.15, 0.2) is 47.5 Å². The zero-order chi connectivity index (χ0) is 20.0. The van der Waals surface area contributed by atoms with E-state index in [2.05, 4.69) is 10.3 Å². The van der Waals surface area contributed by atoms with Gasteiger partial charge in [-0.25, -0.2) is 8.78 Å². The number of nitrogens with two attached hydrogens (primary N) is 2.